The summed E-state index contributed by atoms with van der Waals surface area (Å²) in [4.78, 5) is 35.3. The molecule has 2 bridgehead atoms. The summed E-state index contributed by atoms with van der Waals surface area (Å²) in [6, 6.07) is 2.57. The second kappa shape index (κ2) is 4.19. The molecule has 1 aromatic rings. The number of imide groups is 1. The molecule has 24 heavy (non-hydrogen) atoms. The van der Waals surface area contributed by atoms with E-state index in [-0.39, 0.29) is 46.7 Å². The molecule has 8 nitrogen and oxygen atoms in total. The van der Waals surface area contributed by atoms with Crippen LogP contribution in [0.15, 0.2) is 33.8 Å². The minimum atomic E-state index is -0.660. The van der Waals surface area contributed by atoms with Crippen LogP contribution in [0.3, 0.4) is 0 Å². The van der Waals surface area contributed by atoms with Gasteiger partial charge >= 0.3 is 5.88 Å². The van der Waals surface area contributed by atoms with E-state index in [9.17, 15) is 19.7 Å². The lowest BCUT2D eigenvalue weighted by Crippen LogP contribution is -2.30. The van der Waals surface area contributed by atoms with Crippen LogP contribution < -0.4 is 0 Å². The van der Waals surface area contributed by atoms with Gasteiger partial charge in [-0.05, 0) is 36.2 Å². The van der Waals surface area contributed by atoms with Crippen LogP contribution in [0.5, 0.6) is 0 Å². The number of allylic oxidation sites excluding steroid dienone is 2. The van der Waals surface area contributed by atoms with Gasteiger partial charge in [0, 0.05) is 0 Å². The number of furan rings is 1. The summed E-state index contributed by atoms with van der Waals surface area (Å²) in [6.07, 6.45) is 7.52. The van der Waals surface area contributed by atoms with Crippen LogP contribution in [0, 0.1) is 39.2 Å². The second-order valence-electron chi connectivity index (χ2n) is 6.89. The van der Waals surface area contributed by atoms with E-state index in [1.807, 2.05) is 0 Å². The lowest BCUT2D eigenvalue weighted by atomic mass is 9.85. The van der Waals surface area contributed by atoms with Gasteiger partial charge in [0.05, 0.1) is 24.1 Å². The maximum absolute atomic E-state index is 12.7. The van der Waals surface area contributed by atoms with Crippen molar-refractivity contribution in [1.29, 1.82) is 0 Å². The van der Waals surface area contributed by atoms with Crippen molar-refractivity contribution >= 4 is 23.9 Å². The number of nitrogens with zero attached hydrogens (tertiary/aromatic N) is 3. The normalized spacial score (nSPS) is 34.8. The van der Waals surface area contributed by atoms with Gasteiger partial charge in [-0.15, -0.1) is 0 Å². The van der Waals surface area contributed by atoms with Crippen LogP contribution in [-0.4, -0.2) is 28.0 Å². The number of hydrogen-bond donors (Lipinski definition) is 0. The Bertz CT molecular complexity index is 816. The SMILES string of the molecule is O=C1[C@@H]2[C@H](C(=O)N1/N=C\c1ccc([N+](=O)[O-])o1)[C@@H]1C=C[C@H]2C12CC2. The van der Waals surface area contributed by atoms with E-state index in [0.29, 0.717) is 0 Å². The third-order valence-corrected chi connectivity index (χ3v) is 5.92. The van der Waals surface area contributed by atoms with Crippen LogP contribution in [0.25, 0.3) is 0 Å². The van der Waals surface area contributed by atoms with Crippen molar-refractivity contribution < 1.29 is 18.9 Å². The van der Waals surface area contributed by atoms with Crippen molar-refractivity contribution in [1.82, 2.24) is 5.01 Å². The second-order valence-corrected chi connectivity index (χ2v) is 6.89. The predicted octanol–water partition coefficient (Wildman–Crippen LogP) is 1.72. The van der Waals surface area contributed by atoms with Gasteiger partial charge in [-0.3, -0.25) is 19.7 Å². The van der Waals surface area contributed by atoms with E-state index in [4.69, 9.17) is 4.42 Å². The number of carbonyl (C=O) groups is 2. The highest BCUT2D eigenvalue weighted by molar-refractivity contribution is 6.07. The Morgan fingerprint density at radius 3 is 2.33 bits per heavy atom. The largest absolute Gasteiger partial charge is 0.433 e. The third kappa shape index (κ3) is 1.50. The summed E-state index contributed by atoms with van der Waals surface area (Å²) in [6.45, 7) is 0. The van der Waals surface area contributed by atoms with Gasteiger partial charge in [-0.1, -0.05) is 12.2 Å². The first kappa shape index (κ1) is 13.6. The molecule has 5 rings (SSSR count). The van der Waals surface area contributed by atoms with Gasteiger partial charge in [0.2, 0.25) is 0 Å². The number of amides is 2. The summed E-state index contributed by atoms with van der Waals surface area (Å²) in [5, 5.41) is 15.4. The van der Waals surface area contributed by atoms with E-state index in [2.05, 4.69) is 17.3 Å². The van der Waals surface area contributed by atoms with Crippen molar-refractivity contribution in [3.63, 3.8) is 0 Å². The maximum atomic E-state index is 12.7. The van der Waals surface area contributed by atoms with Crippen LogP contribution in [0.4, 0.5) is 5.88 Å². The Hall–Kier alpha value is -2.77. The standard InChI is InChI=1S/C16H13N3O5/c20-14-12-9-2-3-10(16(9)5-6-16)13(12)15(21)18(14)17-7-8-1-4-11(24-8)19(22)23/h1-4,7,9-10,12-13H,5-6H2/b17-7-/t9-,10+,12+,13-. The molecular weight excluding hydrogens is 314 g/mol. The Morgan fingerprint density at radius 2 is 1.83 bits per heavy atom. The first-order chi connectivity index (χ1) is 11.5. The quantitative estimate of drug-likeness (QED) is 0.276. The number of hydrogen-bond acceptors (Lipinski definition) is 6. The zero-order valence-electron chi connectivity index (χ0n) is 12.5. The lowest BCUT2D eigenvalue weighted by Gasteiger charge is -2.18. The van der Waals surface area contributed by atoms with Gasteiger partial charge in [0.15, 0.2) is 5.76 Å². The van der Waals surface area contributed by atoms with Gasteiger partial charge in [-0.25, -0.2) is 0 Å². The average Bonchev–Trinajstić information content (AvgIpc) is 2.84. The molecule has 1 aromatic heterocycles. The highest BCUT2D eigenvalue weighted by atomic mass is 16.6. The van der Waals surface area contributed by atoms with E-state index in [1.54, 1.807) is 0 Å². The number of carbonyl (C=O) groups excluding carboxylic acids is 2. The number of rotatable bonds is 3. The smallest absolute Gasteiger partial charge is 0.400 e. The molecule has 1 aliphatic heterocycles. The zero-order valence-corrected chi connectivity index (χ0v) is 12.5. The molecule has 3 aliphatic carbocycles. The first-order valence-corrected chi connectivity index (χ1v) is 7.87. The molecule has 3 fully saturated rings. The molecule has 0 N–H and O–H groups in total. The maximum Gasteiger partial charge on any atom is 0.433 e. The fraction of sp³-hybridized carbons (Fsp3) is 0.438. The number of nitro groups is 1. The molecule has 8 heteroatoms. The van der Waals surface area contributed by atoms with Crippen LogP contribution in [0.1, 0.15) is 18.6 Å². The summed E-state index contributed by atoms with van der Waals surface area (Å²) in [7, 11) is 0. The molecule has 2 saturated carbocycles. The van der Waals surface area contributed by atoms with Gasteiger partial charge in [0.1, 0.15) is 4.92 Å². The molecule has 0 aromatic carbocycles. The van der Waals surface area contributed by atoms with Crippen molar-refractivity contribution in [2.45, 2.75) is 12.8 Å². The Kier molecular flexibility index (Phi) is 2.39. The van der Waals surface area contributed by atoms with Crippen molar-refractivity contribution in [3.8, 4) is 0 Å². The minimum Gasteiger partial charge on any atom is -0.400 e. The number of hydrazone groups is 1. The van der Waals surface area contributed by atoms with Crippen molar-refractivity contribution in [2.24, 2.45) is 34.2 Å². The lowest BCUT2D eigenvalue weighted by molar-refractivity contribution is -0.402. The fourth-order valence-electron chi connectivity index (χ4n) is 4.80. The first-order valence-electron chi connectivity index (χ1n) is 7.87. The summed E-state index contributed by atoms with van der Waals surface area (Å²) < 4.78 is 4.96. The fourth-order valence-corrected chi connectivity index (χ4v) is 4.80. The van der Waals surface area contributed by atoms with Crippen LogP contribution in [-0.2, 0) is 9.59 Å². The molecular formula is C16H13N3O5. The van der Waals surface area contributed by atoms with E-state index >= 15 is 0 Å². The molecule has 1 spiro atoms. The molecule has 1 saturated heterocycles. The summed E-state index contributed by atoms with van der Waals surface area (Å²) >= 11 is 0. The minimum absolute atomic E-state index is 0.124. The van der Waals surface area contributed by atoms with Gasteiger partial charge < -0.3 is 4.42 Å². The monoisotopic (exact) mass is 327 g/mol. The van der Waals surface area contributed by atoms with E-state index < -0.39 is 10.8 Å². The molecule has 4 atom stereocenters. The number of fused-ring (bicyclic) bond motifs is 3. The van der Waals surface area contributed by atoms with E-state index in [1.165, 1.54) is 18.3 Å². The third-order valence-electron chi connectivity index (χ3n) is 5.92. The highest BCUT2D eigenvalue weighted by Gasteiger charge is 2.73. The molecule has 0 unspecified atom stereocenters. The zero-order chi connectivity index (χ0) is 16.6. The topological polar surface area (TPSA) is 106 Å². The molecule has 122 valence electrons. The van der Waals surface area contributed by atoms with Crippen LogP contribution >= 0.6 is 0 Å². The summed E-state index contributed by atoms with van der Waals surface area (Å²) in [5.74, 6) is -1.15. The van der Waals surface area contributed by atoms with Crippen molar-refractivity contribution in [3.05, 3.63) is 40.2 Å². The molecule has 0 radical (unpaired) electrons. The Labute approximate surface area is 135 Å². The average molecular weight is 327 g/mol. The summed E-state index contributed by atoms with van der Waals surface area (Å²) in [5.41, 5.74) is 0.151. The van der Waals surface area contributed by atoms with Crippen LogP contribution in [0.2, 0.25) is 0 Å². The Morgan fingerprint density at radius 1 is 1.21 bits per heavy atom. The Balaban J connectivity index is 1.41. The van der Waals surface area contributed by atoms with E-state index in [0.717, 1.165) is 17.9 Å². The molecule has 4 aliphatic rings. The van der Waals surface area contributed by atoms with Gasteiger partial charge in [0.25, 0.3) is 11.8 Å². The molecule has 2 amide bonds. The highest BCUT2D eigenvalue weighted by Crippen LogP contribution is 2.73. The van der Waals surface area contributed by atoms with Crippen molar-refractivity contribution in [2.75, 3.05) is 0 Å². The predicted molar refractivity (Wildman–Crippen MR) is 79.6 cm³/mol. The molecule has 2 heterocycles. The van der Waals surface area contributed by atoms with Gasteiger partial charge in [-0.2, -0.15) is 10.1 Å².